The third-order valence-corrected chi connectivity index (χ3v) is 3.24. The number of halogens is 2. The average molecular weight is 291 g/mol. The van der Waals surface area contributed by atoms with E-state index in [1.165, 1.54) is 25.3 Å². The molecule has 0 aliphatic heterocycles. The molecule has 1 N–H and O–H groups in total. The quantitative estimate of drug-likeness (QED) is 0.894. The molecule has 0 spiro atoms. The Kier molecular flexibility index (Phi) is 4.91. The summed E-state index contributed by atoms with van der Waals surface area (Å²) in [5, 5.41) is 3.26. The molecule has 2 aromatic carbocycles. The standard InChI is InChI=1S/C17H19F2NO/c1-11(2)20-10-12-4-5-13(18)8-16(12)15-7-6-14(21-3)9-17(15)19/h4-9,11,20H,10H2,1-3H3. The Balaban J connectivity index is 2.44. The largest absolute Gasteiger partial charge is 0.497 e. The van der Waals surface area contributed by atoms with E-state index in [0.29, 0.717) is 29.5 Å². The molecule has 0 aromatic heterocycles. The van der Waals surface area contributed by atoms with Gasteiger partial charge in [0.05, 0.1) is 7.11 Å². The van der Waals surface area contributed by atoms with Gasteiger partial charge in [0.25, 0.3) is 0 Å². The molecule has 0 bridgehead atoms. The lowest BCUT2D eigenvalue weighted by Gasteiger charge is -2.14. The van der Waals surface area contributed by atoms with Crippen LogP contribution in [0.5, 0.6) is 5.75 Å². The Morgan fingerprint density at radius 1 is 1.05 bits per heavy atom. The van der Waals surface area contributed by atoms with Crippen LogP contribution in [0.4, 0.5) is 8.78 Å². The van der Waals surface area contributed by atoms with Crippen molar-refractivity contribution in [3.05, 3.63) is 53.6 Å². The van der Waals surface area contributed by atoms with Crippen molar-refractivity contribution in [3.8, 4) is 16.9 Å². The van der Waals surface area contributed by atoms with Gasteiger partial charge in [0.1, 0.15) is 17.4 Å². The second-order valence-electron chi connectivity index (χ2n) is 5.18. The first kappa shape index (κ1) is 15.4. The summed E-state index contributed by atoms with van der Waals surface area (Å²) in [6.07, 6.45) is 0. The fraction of sp³-hybridized carbons (Fsp3) is 0.294. The Morgan fingerprint density at radius 2 is 1.81 bits per heavy atom. The van der Waals surface area contributed by atoms with Crippen LogP contribution in [0, 0.1) is 11.6 Å². The lowest BCUT2D eigenvalue weighted by molar-refractivity contribution is 0.411. The number of hydrogen-bond acceptors (Lipinski definition) is 2. The summed E-state index contributed by atoms with van der Waals surface area (Å²) >= 11 is 0. The van der Waals surface area contributed by atoms with Crippen molar-refractivity contribution in [2.75, 3.05) is 7.11 Å². The minimum atomic E-state index is -0.425. The van der Waals surface area contributed by atoms with E-state index in [2.05, 4.69) is 5.32 Å². The molecule has 2 rings (SSSR count). The smallest absolute Gasteiger partial charge is 0.134 e. The fourth-order valence-corrected chi connectivity index (χ4v) is 2.11. The number of hydrogen-bond donors (Lipinski definition) is 1. The number of rotatable bonds is 5. The van der Waals surface area contributed by atoms with E-state index in [0.717, 1.165) is 5.56 Å². The van der Waals surface area contributed by atoms with Gasteiger partial charge in [0.2, 0.25) is 0 Å². The molecule has 0 saturated heterocycles. The summed E-state index contributed by atoms with van der Waals surface area (Å²) in [5.41, 5.74) is 1.79. The zero-order chi connectivity index (χ0) is 15.4. The fourth-order valence-electron chi connectivity index (χ4n) is 2.11. The van der Waals surface area contributed by atoms with E-state index in [4.69, 9.17) is 4.74 Å². The lowest BCUT2D eigenvalue weighted by atomic mass is 9.98. The summed E-state index contributed by atoms with van der Waals surface area (Å²) in [5.74, 6) is -0.367. The van der Waals surface area contributed by atoms with Gasteiger partial charge >= 0.3 is 0 Å². The SMILES string of the molecule is COc1ccc(-c2cc(F)ccc2CNC(C)C)c(F)c1. The Hall–Kier alpha value is -1.94. The van der Waals surface area contributed by atoms with Crippen LogP contribution in [0.2, 0.25) is 0 Å². The molecular formula is C17H19F2NO. The minimum absolute atomic E-state index is 0.295. The monoisotopic (exact) mass is 291 g/mol. The van der Waals surface area contributed by atoms with Crippen molar-refractivity contribution in [1.82, 2.24) is 5.32 Å². The second kappa shape index (κ2) is 6.68. The molecule has 0 radical (unpaired) electrons. The summed E-state index contributed by atoms with van der Waals surface area (Å²) < 4.78 is 32.7. The molecule has 112 valence electrons. The molecule has 0 fully saturated rings. The van der Waals surface area contributed by atoms with Gasteiger partial charge in [-0.3, -0.25) is 0 Å². The molecule has 0 heterocycles. The number of benzene rings is 2. The normalized spacial score (nSPS) is 11.0. The van der Waals surface area contributed by atoms with Crippen molar-refractivity contribution < 1.29 is 13.5 Å². The predicted octanol–water partition coefficient (Wildman–Crippen LogP) is 4.14. The van der Waals surface area contributed by atoms with Crippen LogP contribution in [-0.4, -0.2) is 13.2 Å². The Bertz CT molecular complexity index is 626. The van der Waals surface area contributed by atoms with Gasteiger partial charge < -0.3 is 10.1 Å². The number of ether oxygens (including phenoxy) is 1. The van der Waals surface area contributed by atoms with Crippen LogP contribution in [-0.2, 0) is 6.54 Å². The summed E-state index contributed by atoms with van der Waals surface area (Å²) in [6.45, 7) is 4.60. The Labute approximate surface area is 123 Å². The molecule has 0 saturated carbocycles. The van der Waals surface area contributed by atoms with E-state index >= 15 is 0 Å². The highest BCUT2D eigenvalue weighted by molar-refractivity contribution is 5.68. The molecule has 0 aliphatic carbocycles. The summed E-state index contributed by atoms with van der Waals surface area (Å²) in [6, 6.07) is 9.32. The van der Waals surface area contributed by atoms with Gasteiger partial charge in [0, 0.05) is 24.2 Å². The van der Waals surface area contributed by atoms with Crippen molar-refractivity contribution in [1.29, 1.82) is 0 Å². The Morgan fingerprint density at radius 3 is 2.43 bits per heavy atom. The maximum atomic E-state index is 14.2. The summed E-state index contributed by atoms with van der Waals surface area (Å²) in [7, 11) is 1.48. The molecule has 2 nitrogen and oxygen atoms in total. The van der Waals surface area contributed by atoms with Crippen molar-refractivity contribution >= 4 is 0 Å². The first-order chi connectivity index (χ1) is 10.0. The maximum absolute atomic E-state index is 14.2. The maximum Gasteiger partial charge on any atom is 0.134 e. The van der Waals surface area contributed by atoms with Gasteiger partial charge in [-0.25, -0.2) is 8.78 Å². The molecular weight excluding hydrogens is 272 g/mol. The van der Waals surface area contributed by atoms with Crippen LogP contribution in [0.3, 0.4) is 0 Å². The van der Waals surface area contributed by atoms with Gasteiger partial charge in [0.15, 0.2) is 0 Å². The third kappa shape index (κ3) is 3.79. The third-order valence-electron chi connectivity index (χ3n) is 3.24. The van der Waals surface area contributed by atoms with Crippen molar-refractivity contribution in [2.45, 2.75) is 26.4 Å². The zero-order valence-corrected chi connectivity index (χ0v) is 12.4. The highest BCUT2D eigenvalue weighted by Gasteiger charge is 2.12. The van der Waals surface area contributed by atoms with E-state index in [9.17, 15) is 8.78 Å². The van der Waals surface area contributed by atoms with E-state index in [1.807, 2.05) is 13.8 Å². The van der Waals surface area contributed by atoms with Crippen LogP contribution in [0.25, 0.3) is 11.1 Å². The average Bonchev–Trinajstić information content (AvgIpc) is 2.45. The molecule has 21 heavy (non-hydrogen) atoms. The molecule has 4 heteroatoms. The highest BCUT2D eigenvalue weighted by Crippen LogP contribution is 2.29. The van der Waals surface area contributed by atoms with Crippen LogP contribution in [0.15, 0.2) is 36.4 Å². The van der Waals surface area contributed by atoms with Crippen LogP contribution in [0.1, 0.15) is 19.4 Å². The number of nitrogens with one attached hydrogen (secondary N) is 1. The topological polar surface area (TPSA) is 21.3 Å². The lowest BCUT2D eigenvalue weighted by Crippen LogP contribution is -2.22. The van der Waals surface area contributed by atoms with Crippen molar-refractivity contribution in [2.24, 2.45) is 0 Å². The molecule has 2 aromatic rings. The van der Waals surface area contributed by atoms with Gasteiger partial charge in [-0.15, -0.1) is 0 Å². The van der Waals surface area contributed by atoms with E-state index < -0.39 is 5.82 Å². The highest BCUT2D eigenvalue weighted by atomic mass is 19.1. The van der Waals surface area contributed by atoms with Gasteiger partial charge in [-0.1, -0.05) is 19.9 Å². The molecule has 0 atom stereocenters. The van der Waals surface area contributed by atoms with Gasteiger partial charge in [-0.05, 0) is 35.4 Å². The van der Waals surface area contributed by atoms with E-state index in [-0.39, 0.29) is 5.82 Å². The van der Waals surface area contributed by atoms with Crippen LogP contribution >= 0.6 is 0 Å². The molecule has 0 unspecified atom stereocenters. The van der Waals surface area contributed by atoms with E-state index in [1.54, 1.807) is 18.2 Å². The first-order valence-corrected chi connectivity index (χ1v) is 6.87. The summed E-state index contributed by atoms with van der Waals surface area (Å²) in [4.78, 5) is 0. The predicted molar refractivity (Wildman–Crippen MR) is 80.3 cm³/mol. The zero-order valence-electron chi connectivity index (χ0n) is 12.4. The van der Waals surface area contributed by atoms with Gasteiger partial charge in [-0.2, -0.15) is 0 Å². The van der Waals surface area contributed by atoms with Crippen molar-refractivity contribution in [3.63, 3.8) is 0 Å². The number of methoxy groups -OCH3 is 1. The molecule has 0 amide bonds. The molecule has 0 aliphatic rings. The van der Waals surface area contributed by atoms with Crippen LogP contribution < -0.4 is 10.1 Å². The second-order valence-corrected chi connectivity index (χ2v) is 5.18. The minimum Gasteiger partial charge on any atom is -0.497 e. The first-order valence-electron chi connectivity index (χ1n) is 6.87.